The van der Waals surface area contributed by atoms with Crippen molar-refractivity contribution in [3.05, 3.63) is 40.9 Å². The van der Waals surface area contributed by atoms with Crippen LogP contribution in [0.25, 0.3) is 21.3 Å². The highest BCUT2D eigenvalue weighted by molar-refractivity contribution is 6.04. The molecule has 7 nitrogen and oxygen atoms in total. The summed E-state index contributed by atoms with van der Waals surface area (Å²) in [7, 11) is 1.59. The van der Waals surface area contributed by atoms with Gasteiger partial charge in [0.2, 0.25) is 5.91 Å². The number of carbonyl (C=O) groups excluding carboxylic acids is 1. The molecule has 1 saturated heterocycles. The van der Waals surface area contributed by atoms with Crippen molar-refractivity contribution < 1.29 is 9.53 Å². The number of anilines is 1. The van der Waals surface area contributed by atoms with Gasteiger partial charge in [-0.3, -0.25) is 9.78 Å². The number of fused-ring (bicyclic) bond motifs is 1. The van der Waals surface area contributed by atoms with E-state index in [0.717, 1.165) is 16.6 Å². The Balaban J connectivity index is 2.02. The van der Waals surface area contributed by atoms with Crippen molar-refractivity contribution >= 4 is 22.5 Å². The largest absolute Gasteiger partial charge is 0.497 e. The fourth-order valence-corrected chi connectivity index (χ4v) is 2.76. The van der Waals surface area contributed by atoms with Gasteiger partial charge >= 0.3 is 0 Å². The normalized spacial score (nSPS) is 17.6. The number of hydrogen-bond acceptors (Lipinski definition) is 4. The molecule has 0 aliphatic carbocycles. The highest BCUT2D eigenvalue weighted by Gasteiger charge is 2.31. The molecule has 0 N–H and O–H groups in total. The van der Waals surface area contributed by atoms with Crippen molar-refractivity contribution in [3.8, 4) is 5.75 Å². The average Bonchev–Trinajstić information content (AvgIpc) is 2.92. The SMILES string of the molecule is COc1cc(N2CC(CN=[N+]=[N-])CC2=O)c2ncccc2c1. The predicted octanol–water partition coefficient (Wildman–Crippen LogP) is 2.91. The summed E-state index contributed by atoms with van der Waals surface area (Å²) in [5, 5.41) is 4.49. The molecule has 0 radical (unpaired) electrons. The lowest BCUT2D eigenvalue weighted by Gasteiger charge is -2.19. The van der Waals surface area contributed by atoms with Crippen LogP contribution < -0.4 is 9.64 Å². The minimum Gasteiger partial charge on any atom is -0.497 e. The highest BCUT2D eigenvalue weighted by Crippen LogP contribution is 2.34. The van der Waals surface area contributed by atoms with Crippen molar-refractivity contribution in [2.45, 2.75) is 6.42 Å². The summed E-state index contributed by atoms with van der Waals surface area (Å²) in [6.45, 7) is 0.852. The fourth-order valence-electron chi connectivity index (χ4n) is 2.76. The first kappa shape index (κ1) is 14.2. The van der Waals surface area contributed by atoms with E-state index in [4.69, 9.17) is 10.3 Å². The Bertz CT molecular complexity index is 770. The number of ether oxygens (including phenoxy) is 1. The molecule has 1 aromatic heterocycles. The second kappa shape index (κ2) is 5.91. The van der Waals surface area contributed by atoms with Gasteiger partial charge in [0, 0.05) is 42.1 Å². The van der Waals surface area contributed by atoms with Gasteiger partial charge < -0.3 is 9.64 Å². The molecule has 112 valence electrons. The van der Waals surface area contributed by atoms with E-state index in [-0.39, 0.29) is 11.8 Å². The topological polar surface area (TPSA) is 91.2 Å². The van der Waals surface area contributed by atoms with Crippen molar-refractivity contribution in [3.63, 3.8) is 0 Å². The Labute approximate surface area is 127 Å². The number of amides is 1. The van der Waals surface area contributed by atoms with E-state index >= 15 is 0 Å². The van der Waals surface area contributed by atoms with E-state index in [1.807, 2.05) is 24.3 Å². The van der Waals surface area contributed by atoms with Crippen LogP contribution in [0.15, 0.2) is 35.6 Å². The lowest BCUT2D eigenvalue weighted by atomic mass is 10.1. The van der Waals surface area contributed by atoms with Crippen LogP contribution >= 0.6 is 0 Å². The summed E-state index contributed by atoms with van der Waals surface area (Å²) in [5.74, 6) is 0.730. The molecule has 1 fully saturated rings. The zero-order chi connectivity index (χ0) is 15.5. The maximum absolute atomic E-state index is 12.3. The third kappa shape index (κ3) is 2.54. The third-order valence-corrected chi connectivity index (χ3v) is 3.79. The molecule has 7 heteroatoms. The van der Waals surface area contributed by atoms with Gasteiger partial charge in [0.15, 0.2) is 0 Å². The molecule has 2 aromatic rings. The van der Waals surface area contributed by atoms with E-state index in [9.17, 15) is 4.79 Å². The Morgan fingerprint density at radius 2 is 2.41 bits per heavy atom. The lowest BCUT2D eigenvalue weighted by Crippen LogP contribution is -2.25. The van der Waals surface area contributed by atoms with E-state index in [1.165, 1.54) is 0 Å². The first-order valence-corrected chi connectivity index (χ1v) is 6.97. The summed E-state index contributed by atoms with van der Waals surface area (Å²) in [5.41, 5.74) is 9.92. The van der Waals surface area contributed by atoms with Gasteiger partial charge in [0.25, 0.3) is 0 Å². The van der Waals surface area contributed by atoms with Crippen molar-refractivity contribution in [2.24, 2.45) is 11.0 Å². The molecule has 1 aliphatic heterocycles. The summed E-state index contributed by atoms with van der Waals surface area (Å²) >= 11 is 0. The number of aromatic nitrogens is 1. The summed E-state index contributed by atoms with van der Waals surface area (Å²) in [6, 6.07) is 7.50. The second-order valence-corrected chi connectivity index (χ2v) is 5.21. The van der Waals surface area contributed by atoms with Crippen LogP contribution in [-0.4, -0.2) is 31.1 Å². The Morgan fingerprint density at radius 1 is 1.55 bits per heavy atom. The van der Waals surface area contributed by atoms with Gasteiger partial charge in [-0.25, -0.2) is 0 Å². The summed E-state index contributed by atoms with van der Waals surface area (Å²) < 4.78 is 5.32. The van der Waals surface area contributed by atoms with Crippen LogP contribution in [0, 0.1) is 5.92 Å². The van der Waals surface area contributed by atoms with Crippen molar-refractivity contribution in [1.29, 1.82) is 0 Å². The first-order chi connectivity index (χ1) is 10.7. The van der Waals surface area contributed by atoms with Crippen LogP contribution in [-0.2, 0) is 4.79 Å². The number of carbonyl (C=O) groups is 1. The smallest absolute Gasteiger partial charge is 0.227 e. The zero-order valence-electron chi connectivity index (χ0n) is 12.1. The molecule has 1 unspecified atom stereocenters. The number of rotatable bonds is 4. The summed E-state index contributed by atoms with van der Waals surface area (Å²) in [4.78, 5) is 21.2. The third-order valence-electron chi connectivity index (χ3n) is 3.79. The monoisotopic (exact) mass is 297 g/mol. The molecule has 1 aliphatic rings. The Morgan fingerprint density at radius 3 is 3.18 bits per heavy atom. The van der Waals surface area contributed by atoms with E-state index in [0.29, 0.717) is 25.3 Å². The highest BCUT2D eigenvalue weighted by atomic mass is 16.5. The summed E-state index contributed by atoms with van der Waals surface area (Å²) in [6.07, 6.45) is 2.08. The van der Waals surface area contributed by atoms with E-state index < -0.39 is 0 Å². The molecular formula is C15H15N5O2. The standard InChI is InChI=1S/C15H15N5O2/c1-22-12-6-11-3-2-4-17-15(11)13(7-12)20-9-10(5-14(20)21)8-18-19-16/h2-4,6-7,10H,5,8-9H2,1H3. The van der Waals surface area contributed by atoms with Crippen LogP contribution in [0.5, 0.6) is 5.75 Å². The molecule has 1 atom stereocenters. The number of methoxy groups -OCH3 is 1. The number of nitrogens with zero attached hydrogens (tertiary/aromatic N) is 5. The molecule has 0 bridgehead atoms. The van der Waals surface area contributed by atoms with Crippen LogP contribution in [0.3, 0.4) is 0 Å². The van der Waals surface area contributed by atoms with Gasteiger partial charge in [0.1, 0.15) is 5.75 Å². The minimum absolute atomic E-state index is 0.0124. The number of hydrogen-bond donors (Lipinski definition) is 0. The first-order valence-electron chi connectivity index (χ1n) is 6.97. The number of azide groups is 1. The molecule has 2 heterocycles. The van der Waals surface area contributed by atoms with Crippen LogP contribution in [0.2, 0.25) is 0 Å². The molecule has 22 heavy (non-hydrogen) atoms. The minimum atomic E-state index is 0.0124. The maximum atomic E-state index is 12.3. The molecular weight excluding hydrogens is 282 g/mol. The molecule has 3 rings (SSSR count). The Hall–Kier alpha value is -2.79. The lowest BCUT2D eigenvalue weighted by molar-refractivity contribution is -0.117. The van der Waals surface area contributed by atoms with Gasteiger partial charge in [-0.15, -0.1) is 0 Å². The van der Waals surface area contributed by atoms with Crippen molar-refractivity contribution in [1.82, 2.24) is 4.98 Å². The molecule has 0 saturated carbocycles. The maximum Gasteiger partial charge on any atom is 0.227 e. The zero-order valence-corrected chi connectivity index (χ0v) is 12.1. The van der Waals surface area contributed by atoms with Crippen LogP contribution in [0.1, 0.15) is 6.42 Å². The fraction of sp³-hybridized carbons (Fsp3) is 0.333. The molecule has 0 spiro atoms. The number of pyridine rings is 1. The van der Waals surface area contributed by atoms with E-state index in [1.54, 1.807) is 18.2 Å². The second-order valence-electron chi connectivity index (χ2n) is 5.21. The quantitative estimate of drug-likeness (QED) is 0.493. The Kier molecular flexibility index (Phi) is 3.80. The van der Waals surface area contributed by atoms with Crippen molar-refractivity contribution in [2.75, 3.05) is 25.1 Å². The van der Waals surface area contributed by atoms with Gasteiger partial charge in [-0.05, 0) is 23.6 Å². The van der Waals surface area contributed by atoms with E-state index in [2.05, 4.69) is 15.0 Å². The average molecular weight is 297 g/mol. The molecule has 1 amide bonds. The van der Waals surface area contributed by atoms with Gasteiger partial charge in [-0.1, -0.05) is 11.2 Å². The predicted molar refractivity (Wildman–Crippen MR) is 82.8 cm³/mol. The molecule has 1 aromatic carbocycles. The number of benzene rings is 1. The van der Waals surface area contributed by atoms with Crippen LogP contribution in [0.4, 0.5) is 5.69 Å². The van der Waals surface area contributed by atoms with Gasteiger partial charge in [-0.2, -0.15) is 0 Å². The van der Waals surface area contributed by atoms with Gasteiger partial charge in [0.05, 0.1) is 18.3 Å².